The minimum atomic E-state index is -0.491. The summed E-state index contributed by atoms with van der Waals surface area (Å²) in [4.78, 5) is 15.6. The number of nitro groups is 1. The summed E-state index contributed by atoms with van der Waals surface area (Å²) in [5.41, 5.74) is -0.120. The van der Waals surface area contributed by atoms with Gasteiger partial charge in [0.25, 0.3) is 0 Å². The first kappa shape index (κ1) is 15.0. The lowest BCUT2D eigenvalue weighted by Crippen LogP contribution is -1.98. The van der Waals surface area contributed by atoms with E-state index in [2.05, 4.69) is 10.3 Å². The van der Waals surface area contributed by atoms with Gasteiger partial charge in [0.15, 0.2) is 10.9 Å². The smallest absolute Gasteiger partial charge is 0.314 e. The lowest BCUT2D eigenvalue weighted by atomic mass is 10.3. The van der Waals surface area contributed by atoms with Crippen LogP contribution in [0.3, 0.4) is 0 Å². The van der Waals surface area contributed by atoms with Gasteiger partial charge in [-0.05, 0) is 19.1 Å². The maximum atomic E-state index is 11.0. The van der Waals surface area contributed by atoms with Gasteiger partial charge in [0.05, 0.1) is 23.0 Å². The molecule has 21 heavy (non-hydrogen) atoms. The number of benzene rings is 1. The molecule has 1 heterocycles. The van der Waals surface area contributed by atoms with Gasteiger partial charge in [-0.3, -0.25) is 10.1 Å². The van der Waals surface area contributed by atoms with Gasteiger partial charge in [-0.2, -0.15) is 0 Å². The first-order valence-corrected chi connectivity index (χ1v) is 7.09. The number of hydrogen-bond donors (Lipinski definition) is 1. The van der Waals surface area contributed by atoms with E-state index in [0.717, 1.165) is 16.6 Å². The van der Waals surface area contributed by atoms with Crippen molar-refractivity contribution in [1.82, 2.24) is 4.98 Å². The number of anilines is 1. The fraction of sp³-hybridized carbons (Fsp3) is 0.308. The molecule has 1 aromatic heterocycles. The molecule has 0 unspecified atom stereocenters. The third-order valence-corrected chi connectivity index (χ3v) is 3.54. The van der Waals surface area contributed by atoms with E-state index in [-0.39, 0.29) is 18.0 Å². The minimum absolute atomic E-state index is 0.120. The molecular weight excluding hydrogens is 294 g/mol. The maximum absolute atomic E-state index is 11.0. The van der Waals surface area contributed by atoms with E-state index in [1.165, 1.54) is 30.6 Å². The van der Waals surface area contributed by atoms with E-state index in [4.69, 9.17) is 9.47 Å². The highest BCUT2D eigenvalue weighted by Crippen LogP contribution is 2.32. The van der Waals surface area contributed by atoms with Crippen molar-refractivity contribution in [3.63, 3.8) is 0 Å². The Morgan fingerprint density at radius 2 is 2.29 bits per heavy atom. The molecule has 2 rings (SSSR count). The number of nitrogens with zero attached hydrogens (tertiary/aromatic N) is 2. The lowest BCUT2D eigenvalue weighted by Gasteiger charge is -2.06. The molecule has 0 saturated heterocycles. The Labute approximate surface area is 125 Å². The van der Waals surface area contributed by atoms with Crippen molar-refractivity contribution in [1.29, 1.82) is 0 Å². The lowest BCUT2D eigenvalue weighted by molar-refractivity contribution is -0.386. The summed E-state index contributed by atoms with van der Waals surface area (Å²) in [6.07, 6.45) is 1.69. The monoisotopic (exact) mass is 309 g/mol. The molecule has 0 aliphatic rings. The zero-order valence-electron chi connectivity index (χ0n) is 11.7. The number of aromatic nitrogens is 1. The van der Waals surface area contributed by atoms with Crippen LogP contribution in [0.2, 0.25) is 0 Å². The van der Waals surface area contributed by atoms with Gasteiger partial charge in [0.2, 0.25) is 0 Å². The van der Waals surface area contributed by atoms with Crippen LogP contribution in [0.15, 0.2) is 24.4 Å². The third kappa shape index (κ3) is 3.82. The minimum Gasteiger partial charge on any atom is -0.496 e. The predicted octanol–water partition coefficient (Wildman–Crippen LogP) is 3.07. The van der Waals surface area contributed by atoms with E-state index in [9.17, 15) is 10.1 Å². The molecule has 0 bridgehead atoms. The molecule has 0 radical (unpaired) electrons. The highest BCUT2D eigenvalue weighted by molar-refractivity contribution is 7.15. The molecule has 0 atom stereocenters. The van der Waals surface area contributed by atoms with E-state index in [1.807, 2.05) is 6.92 Å². The standard InChI is InChI=1S/C13H15N3O4S/c1-3-14-13-15-7-10(21-13)8-20-12-5-4-9(19-2)6-11(12)16(17)18/h4-7H,3,8H2,1-2H3,(H,14,15). The summed E-state index contributed by atoms with van der Waals surface area (Å²) >= 11 is 1.46. The van der Waals surface area contributed by atoms with Gasteiger partial charge in [0.1, 0.15) is 12.4 Å². The summed E-state index contributed by atoms with van der Waals surface area (Å²) in [6.45, 7) is 3.01. The van der Waals surface area contributed by atoms with Crippen LogP contribution in [0.25, 0.3) is 0 Å². The molecular formula is C13H15N3O4S. The van der Waals surface area contributed by atoms with Crippen molar-refractivity contribution in [2.45, 2.75) is 13.5 Å². The number of nitro benzene ring substituents is 1. The molecule has 2 aromatic rings. The average Bonchev–Trinajstić information content (AvgIpc) is 2.93. The molecule has 1 aromatic carbocycles. The number of hydrogen-bond acceptors (Lipinski definition) is 7. The Morgan fingerprint density at radius 3 is 2.95 bits per heavy atom. The Hall–Kier alpha value is -2.35. The summed E-state index contributed by atoms with van der Waals surface area (Å²) < 4.78 is 10.5. The van der Waals surface area contributed by atoms with Crippen molar-refractivity contribution in [2.24, 2.45) is 0 Å². The second-order valence-electron chi connectivity index (χ2n) is 4.04. The zero-order chi connectivity index (χ0) is 15.2. The van der Waals surface area contributed by atoms with Gasteiger partial charge in [0, 0.05) is 12.7 Å². The van der Waals surface area contributed by atoms with Gasteiger partial charge in [-0.15, -0.1) is 0 Å². The summed E-state index contributed by atoms with van der Waals surface area (Å²) in [5.74, 6) is 0.625. The summed E-state index contributed by atoms with van der Waals surface area (Å²) in [7, 11) is 1.46. The van der Waals surface area contributed by atoms with Gasteiger partial charge >= 0.3 is 5.69 Å². The SMILES string of the molecule is CCNc1ncc(COc2ccc(OC)cc2[N+](=O)[O-])s1. The Bertz CT molecular complexity index is 630. The van der Waals surface area contributed by atoms with Crippen LogP contribution in [0.5, 0.6) is 11.5 Å². The highest BCUT2D eigenvalue weighted by atomic mass is 32.1. The van der Waals surface area contributed by atoms with Crippen LogP contribution in [0.4, 0.5) is 10.8 Å². The van der Waals surface area contributed by atoms with Crippen LogP contribution < -0.4 is 14.8 Å². The van der Waals surface area contributed by atoms with Crippen molar-refractivity contribution in [3.05, 3.63) is 39.4 Å². The summed E-state index contributed by atoms with van der Waals surface area (Å²) in [6, 6.07) is 4.49. The second-order valence-corrected chi connectivity index (χ2v) is 5.16. The largest absolute Gasteiger partial charge is 0.496 e. The normalized spacial score (nSPS) is 10.2. The van der Waals surface area contributed by atoms with Gasteiger partial charge < -0.3 is 14.8 Å². The molecule has 0 aliphatic carbocycles. The van der Waals surface area contributed by atoms with Crippen molar-refractivity contribution in [3.8, 4) is 11.5 Å². The Morgan fingerprint density at radius 1 is 1.48 bits per heavy atom. The molecule has 0 spiro atoms. The van der Waals surface area contributed by atoms with E-state index < -0.39 is 4.92 Å². The van der Waals surface area contributed by atoms with E-state index in [1.54, 1.807) is 12.3 Å². The quantitative estimate of drug-likeness (QED) is 0.625. The zero-order valence-corrected chi connectivity index (χ0v) is 12.5. The molecule has 0 saturated carbocycles. The van der Waals surface area contributed by atoms with Crippen LogP contribution in [-0.4, -0.2) is 23.6 Å². The number of thiazole rings is 1. The molecule has 0 fully saturated rings. The van der Waals surface area contributed by atoms with Gasteiger partial charge in [-0.1, -0.05) is 11.3 Å². The van der Waals surface area contributed by atoms with Crippen LogP contribution >= 0.6 is 11.3 Å². The summed E-state index contributed by atoms with van der Waals surface area (Å²) in [5, 5.41) is 14.9. The number of nitrogens with one attached hydrogen (secondary N) is 1. The molecule has 7 nitrogen and oxygen atoms in total. The molecule has 112 valence electrons. The highest BCUT2D eigenvalue weighted by Gasteiger charge is 2.17. The number of ether oxygens (including phenoxy) is 2. The Kier molecular flexibility index (Phi) is 4.94. The van der Waals surface area contributed by atoms with Crippen molar-refractivity contribution >= 4 is 22.2 Å². The first-order chi connectivity index (χ1) is 10.1. The van der Waals surface area contributed by atoms with Crippen molar-refractivity contribution < 1.29 is 14.4 Å². The second kappa shape index (κ2) is 6.89. The average molecular weight is 309 g/mol. The number of rotatable bonds is 7. The van der Waals surface area contributed by atoms with E-state index in [0.29, 0.717) is 5.75 Å². The van der Waals surface area contributed by atoms with Crippen LogP contribution in [0.1, 0.15) is 11.8 Å². The number of methoxy groups -OCH3 is 1. The molecule has 1 N–H and O–H groups in total. The Balaban J connectivity index is 2.09. The predicted molar refractivity (Wildman–Crippen MR) is 80.3 cm³/mol. The van der Waals surface area contributed by atoms with E-state index >= 15 is 0 Å². The van der Waals surface area contributed by atoms with Gasteiger partial charge in [-0.25, -0.2) is 4.98 Å². The molecule has 0 aliphatic heterocycles. The first-order valence-electron chi connectivity index (χ1n) is 6.27. The molecule has 0 amide bonds. The van der Waals surface area contributed by atoms with Crippen LogP contribution in [-0.2, 0) is 6.61 Å². The van der Waals surface area contributed by atoms with Crippen LogP contribution in [0, 0.1) is 10.1 Å². The van der Waals surface area contributed by atoms with Crippen molar-refractivity contribution in [2.75, 3.05) is 19.0 Å². The fourth-order valence-electron chi connectivity index (χ4n) is 1.64. The third-order valence-electron chi connectivity index (χ3n) is 2.61. The fourth-order valence-corrected chi connectivity index (χ4v) is 2.44. The maximum Gasteiger partial charge on any atom is 0.314 e. The topological polar surface area (TPSA) is 86.5 Å². The molecule has 8 heteroatoms.